The zero-order valence-electron chi connectivity index (χ0n) is 12.3. The summed E-state index contributed by atoms with van der Waals surface area (Å²) in [7, 11) is 0. The third-order valence-electron chi connectivity index (χ3n) is 3.48. The standard InChI is InChI=1S/C18H13IO4/c1-11-9-16(21)23-18-13(11)7-8-15(17(18)19)22-10-14(20)12-5-3-2-4-6-12/h2-9H,10H2,1H3. The fourth-order valence-corrected chi connectivity index (χ4v) is 3.03. The van der Waals surface area contributed by atoms with Crippen molar-refractivity contribution in [3.05, 3.63) is 73.6 Å². The topological polar surface area (TPSA) is 56.5 Å². The van der Waals surface area contributed by atoms with Gasteiger partial charge in [0, 0.05) is 17.0 Å². The minimum atomic E-state index is -0.398. The van der Waals surface area contributed by atoms with Crippen molar-refractivity contribution in [3.8, 4) is 5.75 Å². The number of carbonyl (C=O) groups is 1. The van der Waals surface area contributed by atoms with Crippen LogP contribution in [-0.4, -0.2) is 12.4 Å². The average Bonchev–Trinajstić information content (AvgIpc) is 2.55. The van der Waals surface area contributed by atoms with E-state index in [0.29, 0.717) is 20.5 Å². The van der Waals surface area contributed by atoms with Gasteiger partial charge in [0.25, 0.3) is 0 Å². The quantitative estimate of drug-likeness (QED) is 0.364. The Morgan fingerprint density at radius 2 is 1.91 bits per heavy atom. The lowest BCUT2D eigenvalue weighted by molar-refractivity contribution is 0.0921. The van der Waals surface area contributed by atoms with Gasteiger partial charge in [-0.25, -0.2) is 4.79 Å². The molecule has 5 heteroatoms. The third-order valence-corrected chi connectivity index (χ3v) is 4.50. The Hall–Kier alpha value is -2.15. The molecule has 0 N–H and O–H groups in total. The molecule has 1 aromatic heterocycles. The van der Waals surface area contributed by atoms with Crippen LogP contribution in [0.3, 0.4) is 0 Å². The number of rotatable bonds is 4. The molecule has 0 aliphatic rings. The van der Waals surface area contributed by atoms with Crippen molar-refractivity contribution in [2.45, 2.75) is 6.92 Å². The molecule has 2 aromatic carbocycles. The molecule has 0 aliphatic carbocycles. The highest BCUT2D eigenvalue weighted by Crippen LogP contribution is 2.30. The van der Waals surface area contributed by atoms with Crippen LogP contribution >= 0.6 is 22.6 Å². The van der Waals surface area contributed by atoms with Gasteiger partial charge in [-0.3, -0.25) is 4.79 Å². The second-order valence-corrected chi connectivity index (χ2v) is 6.16. The first-order valence-corrected chi connectivity index (χ1v) is 8.08. The molecule has 116 valence electrons. The molecule has 0 aliphatic heterocycles. The zero-order valence-corrected chi connectivity index (χ0v) is 14.5. The van der Waals surface area contributed by atoms with Crippen molar-refractivity contribution >= 4 is 39.3 Å². The fourth-order valence-electron chi connectivity index (χ4n) is 2.30. The third kappa shape index (κ3) is 3.29. The van der Waals surface area contributed by atoms with Gasteiger partial charge in [-0.05, 0) is 47.2 Å². The second kappa shape index (κ2) is 6.54. The number of ether oxygens (including phenoxy) is 1. The summed E-state index contributed by atoms with van der Waals surface area (Å²) in [4.78, 5) is 23.7. The SMILES string of the molecule is Cc1cc(=O)oc2c(I)c(OCC(=O)c3ccccc3)ccc12. The van der Waals surface area contributed by atoms with Gasteiger partial charge in [0.05, 0.1) is 3.57 Å². The number of ketones is 1. The molecular formula is C18H13IO4. The molecule has 0 unspecified atom stereocenters. The molecule has 0 atom stereocenters. The molecule has 0 saturated carbocycles. The van der Waals surface area contributed by atoms with E-state index in [1.54, 1.807) is 18.2 Å². The number of carbonyl (C=O) groups excluding carboxylic acids is 1. The minimum absolute atomic E-state index is 0.0679. The molecular weight excluding hydrogens is 407 g/mol. The highest BCUT2D eigenvalue weighted by Gasteiger charge is 2.13. The first-order valence-electron chi connectivity index (χ1n) is 7.00. The van der Waals surface area contributed by atoms with Crippen molar-refractivity contribution in [1.82, 2.24) is 0 Å². The van der Waals surface area contributed by atoms with Crippen molar-refractivity contribution in [2.24, 2.45) is 0 Å². The second-order valence-electron chi connectivity index (χ2n) is 5.08. The van der Waals surface area contributed by atoms with Gasteiger partial charge in [-0.1, -0.05) is 30.3 Å². The average molecular weight is 420 g/mol. The summed E-state index contributed by atoms with van der Waals surface area (Å²) in [5.41, 5.74) is 1.54. The molecule has 0 radical (unpaired) electrons. The van der Waals surface area contributed by atoms with E-state index >= 15 is 0 Å². The van der Waals surface area contributed by atoms with E-state index in [1.807, 2.05) is 31.2 Å². The van der Waals surface area contributed by atoms with Crippen molar-refractivity contribution in [3.63, 3.8) is 0 Å². The van der Waals surface area contributed by atoms with Crippen molar-refractivity contribution in [1.29, 1.82) is 0 Å². The van der Waals surface area contributed by atoms with E-state index in [4.69, 9.17) is 9.15 Å². The molecule has 0 saturated heterocycles. The number of aryl methyl sites for hydroxylation is 1. The fraction of sp³-hybridized carbons (Fsp3) is 0.111. The smallest absolute Gasteiger partial charge is 0.336 e. The monoisotopic (exact) mass is 420 g/mol. The maximum atomic E-state index is 12.1. The van der Waals surface area contributed by atoms with Crippen LogP contribution in [0, 0.1) is 10.5 Å². The maximum absolute atomic E-state index is 12.1. The summed E-state index contributed by atoms with van der Waals surface area (Å²) in [6, 6.07) is 14.0. The molecule has 3 rings (SSSR count). The van der Waals surface area contributed by atoms with Gasteiger partial charge in [-0.2, -0.15) is 0 Å². The van der Waals surface area contributed by atoms with Gasteiger partial charge >= 0.3 is 5.63 Å². The minimum Gasteiger partial charge on any atom is -0.484 e. The normalized spacial score (nSPS) is 10.7. The Labute approximate surface area is 146 Å². The number of fused-ring (bicyclic) bond motifs is 1. The number of hydrogen-bond acceptors (Lipinski definition) is 4. The van der Waals surface area contributed by atoms with Crippen LogP contribution < -0.4 is 10.4 Å². The lowest BCUT2D eigenvalue weighted by Crippen LogP contribution is -2.12. The number of Topliss-reactive ketones (excluding diaryl/α,β-unsaturated/α-hetero) is 1. The van der Waals surface area contributed by atoms with Gasteiger partial charge in [0.1, 0.15) is 5.75 Å². The van der Waals surface area contributed by atoms with Gasteiger partial charge in [0.15, 0.2) is 18.0 Å². The molecule has 0 fully saturated rings. The number of hydrogen-bond donors (Lipinski definition) is 0. The Morgan fingerprint density at radius 1 is 1.17 bits per heavy atom. The summed E-state index contributed by atoms with van der Waals surface area (Å²) >= 11 is 2.06. The van der Waals surface area contributed by atoms with E-state index < -0.39 is 5.63 Å². The first-order chi connectivity index (χ1) is 11.1. The Kier molecular flexibility index (Phi) is 4.47. The predicted molar refractivity (Wildman–Crippen MR) is 96.2 cm³/mol. The van der Waals surface area contributed by atoms with Crippen LogP contribution in [0.1, 0.15) is 15.9 Å². The molecule has 0 amide bonds. The van der Waals surface area contributed by atoms with Crippen LogP contribution in [0.5, 0.6) is 5.75 Å². The largest absolute Gasteiger partial charge is 0.484 e. The van der Waals surface area contributed by atoms with Crippen LogP contribution in [0.4, 0.5) is 0 Å². The van der Waals surface area contributed by atoms with Gasteiger partial charge in [-0.15, -0.1) is 0 Å². The summed E-state index contributed by atoms with van der Waals surface area (Å²) in [5.74, 6) is 0.420. The van der Waals surface area contributed by atoms with E-state index in [-0.39, 0.29) is 12.4 Å². The van der Waals surface area contributed by atoms with Crippen LogP contribution in [-0.2, 0) is 0 Å². The molecule has 0 bridgehead atoms. The highest BCUT2D eigenvalue weighted by atomic mass is 127. The van der Waals surface area contributed by atoms with Crippen molar-refractivity contribution < 1.29 is 13.9 Å². The number of benzene rings is 2. The van der Waals surface area contributed by atoms with E-state index in [0.717, 1.165) is 10.9 Å². The Morgan fingerprint density at radius 3 is 2.65 bits per heavy atom. The lowest BCUT2D eigenvalue weighted by atomic mass is 10.1. The Bertz CT molecular complexity index is 929. The van der Waals surface area contributed by atoms with E-state index in [1.165, 1.54) is 6.07 Å². The summed E-state index contributed by atoms with van der Waals surface area (Å²) in [6.45, 7) is 1.79. The summed E-state index contributed by atoms with van der Waals surface area (Å²) < 4.78 is 11.6. The van der Waals surface area contributed by atoms with Crippen LogP contribution in [0.25, 0.3) is 11.0 Å². The first kappa shape index (κ1) is 15.7. The van der Waals surface area contributed by atoms with Crippen LogP contribution in [0.15, 0.2) is 57.7 Å². The maximum Gasteiger partial charge on any atom is 0.336 e. The van der Waals surface area contributed by atoms with Gasteiger partial charge in [0.2, 0.25) is 0 Å². The molecule has 0 spiro atoms. The highest BCUT2D eigenvalue weighted by molar-refractivity contribution is 14.1. The summed E-state index contributed by atoms with van der Waals surface area (Å²) in [5, 5.41) is 0.857. The lowest BCUT2D eigenvalue weighted by Gasteiger charge is -2.10. The van der Waals surface area contributed by atoms with Gasteiger partial charge < -0.3 is 9.15 Å². The summed E-state index contributed by atoms with van der Waals surface area (Å²) in [6.07, 6.45) is 0. The van der Waals surface area contributed by atoms with Crippen LogP contribution in [0.2, 0.25) is 0 Å². The molecule has 23 heavy (non-hydrogen) atoms. The molecule has 1 heterocycles. The zero-order chi connectivity index (χ0) is 16.4. The Balaban J connectivity index is 1.88. The molecule has 4 nitrogen and oxygen atoms in total. The number of halogens is 1. The van der Waals surface area contributed by atoms with E-state index in [2.05, 4.69) is 22.6 Å². The predicted octanol–water partition coefficient (Wildman–Crippen LogP) is 3.97. The molecule has 3 aromatic rings. The van der Waals surface area contributed by atoms with Crippen molar-refractivity contribution in [2.75, 3.05) is 6.61 Å². The van der Waals surface area contributed by atoms with E-state index in [9.17, 15) is 9.59 Å².